The van der Waals surface area contributed by atoms with Gasteiger partial charge < -0.3 is 15.0 Å². The SMILES string of the molecule is COC(=O)c1ccc2c(c1)nc(N)n2Cc1ccccc1. The number of ether oxygens (including phenoxy) is 1. The molecule has 3 rings (SSSR count). The van der Waals surface area contributed by atoms with Gasteiger partial charge in [-0.2, -0.15) is 0 Å². The fourth-order valence-corrected chi connectivity index (χ4v) is 2.33. The lowest BCUT2D eigenvalue weighted by Gasteiger charge is -2.06. The van der Waals surface area contributed by atoms with Crippen LogP contribution in [0.5, 0.6) is 0 Å². The molecule has 2 N–H and O–H groups in total. The second-order valence-corrected chi connectivity index (χ2v) is 4.74. The fourth-order valence-electron chi connectivity index (χ4n) is 2.33. The van der Waals surface area contributed by atoms with Crippen molar-refractivity contribution in [2.45, 2.75) is 6.54 Å². The van der Waals surface area contributed by atoms with E-state index in [1.165, 1.54) is 7.11 Å². The predicted molar refractivity (Wildman–Crippen MR) is 81.0 cm³/mol. The predicted octanol–water partition coefficient (Wildman–Crippen LogP) is 2.45. The molecule has 0 atom stereocenters. The largest absolute Gasteiger partial charge is 0.465 e. The van der Waals surface area contributed by atoms with Gasteiger partial charge in [-0.15, -0.1) is 0 Å². The van der Waals surface area contributed by atoms with E-state index in [0.717, 1.165) is 11.1 Å². The molecule has 2 aromatic carbocycles. The quantitative estimate of drug-likeness (QED) is 0.749. The molecule has 0 bridgehead atoms. The molecule has 1 aromatic heterocycles. The molecule has 3 aromatic rings. The van der Waals surface area contributed by atoms with Crippen LogP contribution < -0.4 is 5.73 Å². The van der Waals surface area contributed by atoms with Crippen molar-refractivity contribution in [3.05, 3.63) is 59.7 Å². The lowest BCUT2D eigenvalue weighted by molar-refractivity contribution is 0.0601. The monoisotopic (exact) mass is 281 g/mol. The smallest absolute Gasteiger partial charge is 0.337 e. The number of carbonyl (C=O) groups excluding carboxylic acids is 1. The van der Waals surface area contributed by atoms with E-state index in [-0.39, 0.29) is 5.97 Å². The summed E-state index contributed by atoms with van der Waals surface area (Å²) in [5.41, 5.74) is 9.18. The molecule has 21 heavy (non-hydrogen) atoms. The van der Waals surface area contributed by atoms with E-state index in [0.29, 0.717) is 23.6 Å². The van der Waals surface area contributed by atoms with Crippen LogP contribution in [0.2, 0.25) is 0 Å². The molecule has 0 aliphatic carbocycles. The maximum atomic E-state index is 11.6. The number of benzene rings is 2. The molecule has 1 heterocycles. The van der Waals surface area contributed by atoms with Gasteiger partial charge in [0.15, 0.2) is 0 Å². The summed E-state index contributed by atoms with van der Waals surface area (Å²) in [7, 11) is 1.36. The van der Waals surface area contributed by atoms with E-state index in [9.17, 15) is 4.79 Å². The molecular formula is C16H15N3O2. The molecule has 0 unspecified atom stereocenters. The first kappa shape index (κ1) is 13.2. The third-order valence-corrected chi connectivity index (χ3v) is 3.38. The Hall–Kier alpha value is -2.82. The van der Waals surface area contributed by atoms with Crippen molar-refractivity contribution in [3.63, 3.8) is 0 Å². The third-order valence-electron chi connectivity index (χ3n) is 3.38. The Morgan fingerprint density at radius 1 is 1.24 bits per heavy atom. The van der Waals surface area contributed by atoms with E-state index in [1.54, 1.807) is 12.1 Å². The lowest BCUT2D eigenvalue weighted by atomic mass is 10.2. The van der Waals surface area contributed by atoms with Crippen LogP contribution >= 0.6 is 0 Å². The number of rotatable bonds is 3. The highest BCUT2D eigenvalue weighted by molar-refractivity contribution is 5.94. The number of nitrogens with zero attached hydrogens (tertiary/aromatic N) is 2. The highest BCUT2D eigenvalue weighted by Gasteiger charge is 2.12. The first-order valence-electron chi connectivity index (χ1n) is 6.57. The van der Waals surface area contributed by atoms with Gasteiger partial charge in [0, 0.05) is 0 Å². The van der Waals surface area contributed by atoms with Crippen LogP contribution in [-0.4, -0.2) is 22.6 Å². The average molecular weight is 281 g/mol. The molecule has 0 saturated heterocycles. The fraction of sp³-hybridized carbons (Fsp3) is 0.125. The number of fused-ring (bicyclic) bond motifs is 1. The lowest BCUT2D eigenvalue weighted by Crippen LogP contribution is -2.04. The van der Waals surface area contributed by atoms with Gasteiger partial charge in [-0.25, -0.2) is 9.78 Å². The first-order chi connectivity index (χ1) is 10.2. The Kier molecular flexibility index (Phi) is 3.31. The second-order valence-electron chi connectivity index (χ2n) is 4.74. The number of anilines is 1. The van der Waals surface area contributed by atoms with Crippen LogP contribution in [0.4, 0.5) is 5.95 Å². The van der Waals surface area contributed by atoms with Gasteiger partial charge in [0.25, 0.3) is 0 Å². The van der Waals surface area contributed by atoms with Gasteiger partial charge in [0.1, 0.15) is 0 Å². The topological polar surface area (TPSA) is 70.1 Å². The van der Waals surface area contributed by atoms with Gasteiger partial charge in [-0.05, 0) is 23.8 Å². The minimum Gasteiger partial charge on any atom is -0.465 e. The summed E-state index contributed by atoms with van der Waals surface area (Å²) in [5.74, 6) is 0.0453. The highest BCUT2D eigenvalue weighted by Crippen LogP contribution is 2.21. The van der Waals surface area contributed by atoms with Crippen molar-refractivity contribution < 1.29 is 9.53 Å². The van der Waals surface area contributed by atoms with Crippen LogP contribution in [-0.2, 0) is 11.3 Å². The summed E-state index contributed by atoms with van der Waals surface area (Å²) >= 11 is 0. The van der Waals surface area contributed by atoms with Crippen LogP contribution in [0.1, 0.15) is 15.9 Å². The molecule has 0 saturated carbocycles. The van der Waals surface area contributed by atoms with Crippen molar-refractivity contribution >= 4 is 23.0 Å². The van der Waals surface area contributed by atoms with Crippen molar-refractivity contribution in [1.82, 2.24) is 9.55 Å². The summed E-state index contributed by atoms with van der Waals surface area (Å²) in [6, 6.07) is 15.3. The molecule has 0 fully saturated rings. The number of esters is 1. The molecular weight excluding hydrogens is 266 g/mol. The van der Waals surface area contributed by atoms with Gasteiger partial charge in [0.05, 0.1) is 30.3 Å². The number of nitrogen functional groups attached to an aromatic ring is 1. The van der Waals surface area contributed by atoms with Crippen molar-refractivity contribution in [2.75, 3.05) is 12.8 Å². The Morgan fingerprint density at radius 2 is 2.00 bits per heavy atom. The van der Waals surface area contributed by atoms with E-state index >= 15 is 0 Å². The average Bonchev–Trinajstić information content (AvgIpc) is 2.82. The highest BCUT2D eigenvalue weighted by atomic mass is 16.5. The molecule has 5 nitrogen and oxygen atoms in total. The standard InChI is InChI=1S/C16H15N3O2/c1-21-15(20)12-7-8-14-13(9-12)18-16(17)19(14)10-11-5-3-2-4-6-11/h2-9H,10H2,1H3,(H2,17,18). The van der Waals surface area contributed by atoms with E-state index in [1.807, 2.05) is 41.0 Å². The number of hydrogen-bond acceptors (Lipinski definition) is 4. The van der Waals surface area contributed by atoms with Crippen LogP contribution in [0.3, 0.4) is 0 Å². The van der Waals surface area contributed by atoms with Gasteiger partial charge >= 0.3 is 5.97 Å². The van der Waals surface area contributed by atoms with E-state index in [4.69, 9.17) is 10.5 Å². The van der Waals surface area contributed by atoms with Crippen molar-refractivity contribution in [1.29, 1.82) is 0 Å². The zero-order valence-corrected chi connectivity index (χ0v) is 11.6. The number of carbonyl (C=O) groups is 1. The van der Waals surface area contributed by atoms with Crippen molar-refractivity contribution in [2.24, 2.45) is 0 Å². The van der Waals surface area contributed by atoms with E-state index < -0.39 is 0 Å². The van der Waals surface area contributed by atoms with Crippen LogP contribution in [0.15, 0.2) is 48.5 Å². The summed E-state index contributed by atoms with van der Waals surface area (Å²) in [5, 5.41) is 0. The summed E-state index contributed by atoms with van der Waals surface area (Å²) in [4.78, 5) is 15.9. The Balaban J connectivity index is 2.04. The number of imidazole rings is 1. The molecule has 106 valence electrons. The van der Waals surface area contributed by atoms with Gasteiger partial charge in [-0.1, -0.05) is 30.3 Å². The zero-order valence-electron chi connectivity index (χ0n) is 11.6. The second kappa shape index (κ2) is 5.28. The minimum atomic E-state index is -0.381. The normalized spacial score (nSPS) is 10.7. The Bertz CT molecular complexity index is 794. The molecule has 5 heteroatoms. The Labute approximate surface area is 122 Å². The molecule has 0 aliphatic heterocycles. The third kappa shape index (κ3) is 2.45. The van der Waals surface area contributed by atoms with Crippen LogP contribution in [0, 0.1) is 0 Å². The molecule has 0 aliphatic rings. The summed E-state index contributed by atoms with van der Waals surface area (Å²) < 4.78 is 6.64. The van der Waals surface area contributed by atoms with E-state index in [2.05, 4.69) is 4.98 Å². The number of hydrogen-bond donors (Lipinski definition) is 1. The summed E-state index contributed by atoms with van der Waals surface area (Å²) in [6.07, 6.45) is 0. The number of methoxy groups -OCH3 is 1. The van der Waals surface area contributed by atoms with Crippen molar-refractivity contribution in [3.8, 4) is 0 Å². The number of aromatic nitrogens is 2. The van der Waals surface area contributed by atoms with Gasteiger partial charge in [-0.3, -0.25) is 0 Å². The maximum Gasteiger partial charge on any atom is 0.337 e. The minimum absolute atomic E-state index is 0.381. The molecule has 0 amide bonds. The first-order valence-corrected chi connectivity index (χ1v) is 6.57. The maximum absolute atomic E-state index is 11.6. The Morgan fingerprint density at radius 3 is 2.71 bits per heavy atom. The molecule has 0 radical (unpaired) electrons. The zero-order chi connectivity index (χ0) is 14.8. The summed E-state index contributed by atoms with van der Waals surface area (Å²) in [6.45, 7) is 0.640. The van der Waals surface area contributed by atoms with Gasteiger partial charge in [0.2, 0.25) is 5.95 Å². The van der Waals surface area contributed by atoms with Crippen LogP contribution in [0.25, 0.3) is 11.0 Å². The number of nitrogens with two attached hydrogens (primary N) is 1. The molecule has 0 spiro atoms.